The van der Waals surface area contributed by atoms with Crippen LogP contribution in [0.2, 0.25) is 0 Å². The lowest BCUT2D eigenvalue weighted by Crippen LogP contribution is -1.87. The first-order valence-corrected chi connectivity index (χ1v) is 3.32. The maximum absolute atomic E-state index is 9.24. The molecule has 0 aliphatic carbocycles. The van der Waals surface area contributed by atoms with Crippen LogP contribution in [-0.4, -0.2) is 16.8 Å². The number of aliphatic hydroxyl groups is 1. The van der Waals surface area contributed by atoms with Crippen LogP contribution < -0.4 is 0 Å². The van der Waals surface area contributed by atoms with Gasteiger partial charge in [0.1, 0.15) is 5.75 Å². The van der Waals surface area contributed by atoms with Gasteiger partial charge in [0.15, 0.2) is 0 Å². The van der Waals surface area contributed by atoms with E-state index in [0.717, 1.165) is 0 Å². The topological polar surface area (TPSA) is 40.5 Å². The van der Waals surface area contributed by atoms with Gasteiger partial charge >= 0.3 is 0 Å². The molecular formula is C9H10O2. The summed E-state index contributed by atoms with van der Waals surface area (Å²) in [6.07, 6.45) is 0. The molecule has 0 fully saturated rings. The lowest BCUT2D eigenvalue weighted by Gasteiger charge is -2.03. The molecule has 2 N–H and O–H groups in total. The third kappa shape index (κ3) is 1.59. The molecule has 1 aromatic rings. The molecule has 1 aromatic carbocycles. The predicted octanol–water partition coefficient (Wildman–Crippen LogP) is 1.40. The average Bonchev–Trinajstić information content (AvgIpc) is 2.04. The van der Waals surface area contributed by atoms with E-state index in [2.05, 4.69) is 6.58 Å². The van der Waals surface area contributed by atoms with Crippen LogP contribution in [0, 0.1) is 0 Å². The number of hydrogen-bond acceptors (Lipinski definition) is 2. The fourth-order valence-electron chi connectivity index (χ4n) is 0.858. The van der Waals surface area contributed by atoms with Gasteiger partial charge in [0.05, 0.1) is 6.61 Å². The number of para-hydroxylation sites is 1. The molecule has 58 valence electrons. The first-order chi connectivity index (χ1) is 5.25. The minimum atomic E-state index is -0.127. The second-order valence-corrected chi connectivity index (χ2v) is 2.28. The SMILES string of the molecule is C=C(CO)c1ccccc1O. The van der Waals surface area contributed by atoms with Gasteiger partial charge in [-0.25, -0.2) is 0 Å². The van der Waals surface area contributed by atoms with Crippen LogP contribution in [0.15, 0.2) is 30.8 Å². The highest BCUT2D eigenvalue weighted by Gasteiger charge is 2.01. The van der Waals surface area contributed by atoms with Crippen LogP contribution >= 0.6 is 0 Å². The number of phenolic OH excluding ortho intramolecular Hbond substituents is 1. The lowest BCUT2D eigenvalue weighted by molar-refractivity contribution is 0.349. The quantitative estimate of drug-likeness (QED) is 0.669. The largest absolute Gasteiger partial charge is 0.507 e. The Morgan fingerprint density at radius 2 is 2.00 bits per heavy atom. The standard InChI is InChI=1S/C9H10O2/c1-7(6-10)8-4-2-3-5-9(8)11/h2-5,10-11H,1,6H2. The molecule has 0 amide bonds. The van der Waals surface area contributed by atoms with E-state index in [1.807, 2.05) is 0 Å². The second-order valence-electron chi connectivity index (χ2n) is 2.28. The van der Waals surface area contributed by atoms with Crippen molar-refractivity contribution in [1.29, 1.82) is 0 Å². The Morgan fingerprint density at radius 3 is 2.55 bits per heavy atom. The van der Waals surface area contributed by atoms with Crippen molar-refractivity contribution in [2.45, 2.75) is 0 Å². The minimum absolute atomic E-state index is 0.127. The van der Waals surface area contributed by atoms with Gasteiger partial charge in [-0.15, -0.1) is 0 Å². The number of hydrogen-bond donors (Lipinski definition) is 2. The highest BCUT2D eigenvalue weighted by atomic mass is 16.3. The summed E-state index contributed by atoms with van der Waals surface area (Å²) in [5.74, 6) is 0.159. The van der Waals surface area contributed by atoms with Gasteiger partial charge in [0.25, 0.3) is 0 Å². The van der Waals surface area contributed by atoms with Crippen LogP contribution in [0.4, 0.5) is 0 Å². The van der Waals surface area contributed by atoms with Gasteiger partial charge in [-0.2, -0.15) is 0 Å². The number of aromatic hydroxyl groups is 1. The van der Waals surface area contributed by atoms with E-state index in [-0.39, 0.29) is 12.4 Å². The lowest BCUT2D eigenvalue weighted by atomic mass is 10.1. The molecule has 0 saturated heterocycles. The molecule has 0 aromatic heterocycles. The molecule has 0 unspecified atom stereocenters. The number of aliphatic hydroxyl groups excluding tert-OH is 1. The maximum atomic E-state index is 9.24. The Hall–Kier alpha value is -1.28. The molecule has 0 radical (unpaired) electrons. The van der Waals surface area contributed by atoms with Gasteiger partial charge < -0.3 is 10.2 Å². The van der Waals surface area contributed by atoms with Crippen molar-refractivity contribution >= 4 is 5.57 Å². The minimum Gasteiger partial charge on any atom is -0.507 e. The van der Waals surface area contributed by atoms with Crippen molar-refractivity contribution in [3.05, 3.63) is 36.4 Å². The highest BCUT2D eigenvalue weighted by Crippen LogP contribution is 2.22. The smallest absolute Gasteiger partial charge is 0.123 e. The van der Waals surface area contributed by atoms with Crippen molar-refractivity contribution in [2.24, 2.45) is 0 Å². The Kier molecular flexibility index (Phi) is 2.28. The van der Waals surface area contributed by atoms with Crippen LogP contribution in [0.5, 0.6) is 5.75 Å². The third-order valence-corrected chi connectivity index (χ3v) is 1.48. The van der Waals surface area contributed by atoms with E-state index in [0.29, 0.717) is 11.1 Å². The molecule has 0 bridgehead atoms. The summed E-state index contributed by atoms with van der Waals surface area (Å²) in [7, 11) is 0. The molecule has 0 atom stereocenters. The van der Waals surface area contributed by atoms with Crippen molar-refractivity contribution in [3.63, 3.8) is 0 Å². The fourth-order valence-corrected chi connectivity index (χ4v) is 0.858. The first kappa shape index (κ1) is 7.82. The van der Waals surface area contributed by atoms with E-state index < -0.39 is 0 Å². The predicted molar refractivity (Wildman–Crippen MR) is 44.2 cm³/mol. The van der Waals surface area contributed by atoms with E-state index in [1.165, 1.54) is 0 Å². The zero-order chi connectivity index (χ0) is 8.27. The monoisotopic (exact) mass is 150 g/mol. The van der Waals surface area contributed by atoms with Gasteiger partial charge in [0, 0.05) is 5.56 Å². The first-order valence-electron chi connectivity index (χ1n) is 3.32. The van der Waals surface area contributed by atoms with E-state index in [1.54, 1.807) is 24.3 Å². The third-order valence-electron chi connectivity index (χ3n) is 1.48. The van der Waals surface area contributed by atoms with Crippen LogP contribution in [0.3, 0.4) is 0 Å². The van der Waals surface area contributed by atoms with E-state index in [4.69, 9.17) is 5.11 Å². The maximum Gasteiger partial charge on any atom is 0.123 e. The molecular weight excluding hydrogens is 140 g/mol. The van der Waals surface area contributed by atoms with Crippen LogP contribution in [0.1, 0.15) is 5.56 Å². The summed E-state index contributed by atoms with van der Waals surface area (Å²) in [5, 5.41) is 17.9. The number of benzene rings is 1. The molecule has 0 saturated carbocycles. The zero-order valence-electron chi connectivity index (χ0n) is 6.12. The summed E-state index contributed by atoms with van der Waals surface area (Å²) >= 11 is 0. The molecule has 0 spiro atoms. The van der Waals surface area contributed by atoms with E-state index in [9.17, 15) is 5.11 Å². The Bertz CT molecular complexity index is 266. The average molecular weight is 150 g/mol. The number of phenols is 1. The molecule has 2 heteroatoms. The van der Waals surface area contributed by atoms with Crippen LogP contribution in [0.25, 0.3) is 5.57 Å². The molecule has 0 aliphatic heterocycles. The molecule has 1 rings (SSSR count). The van der Waals surface area contributed by atoms with Gasteiger partial charge in [-0.3, -0.25) is 0 Å². The molecule has 0 heterocycles. The summed E-state index contributed by atoms with van der Waals surface area (Å²) in [5.41, 5.74) is 1.14. The summed E-state index contributed by atoms with van der Waals surface area (Å²) in [6.45, 7) is 3.47. The normalized spacial score (nSPS) is 9.55. The molecule has 2 nitrogen and oxygen atoms in total. The number of rotatable bonds is 2. The van der Waals surface area contributed by atoms with Crippen molar-refractivity contribution in [3.8, 4) is 5.75 Å². The van der Waals surface area contributed by atoms with Crippen molar-refractivity contribution in [1.82, 2.24) is 0 Å². The van der Waals surface area contributed by atoms with Crippen LogP contribution in [-0.2, 0) is 0 Å². The summed E-state index contributed by atoms with van der Waals surface area (Å²) in [6, 6.07) is 6.80. The Labute approximate surface area is 65.4 Å². The van der Waals surface area contributed by atoms with Gasteiger partial charge in [-0.05, 0) is 11.6 Å². The van der Waals surface area contributed by atoms with E-state index >= 15 is 0 Å². The van der Waals surface area contributed by atoms with Crippen molar-refractivity contribution in [2.75, 3.05) is 6.61 Å². The van der Waals surface area contributed by atoms with Crippen molar-refractivity contribution < 1.29 is 10.2 Å². The summed E-state index contributed by atoms with van der Waals surface area (Å²) < 4.78 is 0. The fraction of sp³-hybridized carbons (Fsp3) is 0.111. The second kappa shape index (κ2) is 3.21. The highest BCUT2D eigenvalue weighted by molar-refractivity contribution is 5.68. The van der Waals surface area contributed by atoms with Gasteiger partial charge in [0.2, 0.25) is 0 Å². The Morgan fingerprint density at radius 1 is 1.36 bits per heavy atom. The molecule has 0 aliphatic rings. The zero-order valence-corrected chi connectivity index (χ0v) is 6.12. The Balaban J connectivity index is 3.03. The summed E-state index contributed by atoms with van der Waals surface area (Å²) in [4.78, 5) is 0. The molecule has 11 heavy (non-hydrogen) atoms. The van der Waals surface area contributed by atoms with Gasteiger partial charge in [-0.1, -0.05) is 24.8 Å².